The van der Waals surface area contributed by atoms with Crippen molar-refractivity contribution in [3.05, 3.63) is 247 Å². The quantitative estimate of drug-likeness (QED) is 0.153. The highest BCUT2D eigenvalue weighted by atomic mass is 15.0. The van der Waals surface area contributed by atoms with Gasteiger partial charge < -0.3 is 4.57 Å². The van der Waals surface area contributed by atoms with Gasteiger partial charge in [0, 0.05) is 39.1 Å². The summed E-state index contributed by atoms with van der Waals surface area (Å²) >= 11 is 0. The van der Waals surface area contributed by atoms with Gasteiger partial charge in [-0.15, -0.1) is 0 Å². The van der Waals surface area contributed by atoms with E-state index in [1.165, 1.54) is 71.9 Å². The van der Waals surface area contributed by atoms with Gasteiger partial charge in [-0.1, -0.05) is 188 Å². The molecule has 322 valence electrons. The number of fused-ring (bicyclic) bond motifs is 6. The first-order chi connectivity index (χ1) is 33.7. The van der Waals surface area contributed by atoms with Gasteiger partial charge in [-0.3, -0.25) is 0 Å². The first-order valence-corrected chi connectivity index (χ1v) is 23.8. The van der Waals surface area contributed by atoms with Crippen molar-refractivity contribution in [2.24, 2.45) is 0 Å². The van der Waals surface area contributed by atoms with E-state index in [1.807, 2.05) is 18.2 Å². The molecule has 0 saturated carbocycles. The molecular weight excluding hydrogens is 825 g/mol. The van der Waals surface area contributed by atoms with Crippen LogP contribution >= 0.6 is 0 Å². The minimum Gasteiger partial charge on any atom is -0.309 e. The fourth-order valence-electron chi connectivity index (χ4n) is 10.7. The number of nitrogens with zero attached hydrogens (tertiary/aromatic N) is 4. The molecule has 0 bridgehead atoms. The van der Waals surface area contributed by atoms with Crippen LogP contribution in [0.3, 0.4) is 0 Å². The van der Waals surface area contributed by atoms with Gasteiger partial charge in [0.25, 0.3) is 0 Å². The van der Waals surface area contributed by atoms with Gasteiger partial charge in [0.05, 0.1) is 11.0 Å². The van der Waals surface area contributed by atoms with Crippen LogP contribution in [0.2, 0.25) is 0 Å². The van der Waals surface area contributed by atoms with Crippen molar-refractivity contribution < 1.29 is 0 Å². The molecule has 0 amide bonds. The number of para-hydroxylation sites is 1. The molecule has 0 radical (unpaired) electrons. The predicted octanol–water partition coefficient (Wildman–Crippen LogP) is 16.2. The highest BCUT2D eigenvalue weighted by Gasteiger charge is 2.24. The van der Waals surface area contributed by atoms with E-state index in [0.29, 0.717) is 23.4 Å². The summed E-state index contributed by atoms with van der Waals surface area (Å²) in [7, 11) is 0. The predicted molar refractivity (Wildman–Crippen MR) is 282 cm³/mol. The van der Waals surface area contributed by atoms with Crippen molar-refractivity contribution in [2.75, 3.05) is 0 Å². The van der Waals surface area contributed by atoms with E-state index in [9.17, 15) is 0 Å². The van der Waals surface area contributed by atoms with Crippen LogP contribution in [0.15, 0.2) is 225 Å². The first kappa shape index (κ1) is 39.9. The summed E-state index contributed by atoms with van der Waals surface area (Å²) in [6.07, 6.45) is 19.8. The molecule has 3 aliphatic rings. The minimum absolute atomic E-state index is 0.357. The van der Waals surface area contributed by atoms with E-state index < -0.39 is 0 Å². The number of allylic oxidation sites excluding steroid dienone is 8. The average molecular weight is 871 g/mol. The van der Waals surface area contributed by atoms with E-state index in [-0.39, 0.29) is 0 Å². The summed E-state index contributed by atoms with van der Waals surface area (Å²) < 4.78 is 2.44. The Hall–Kier alpha value is -8.47. The molecule has 4 nitrogen and oxygen atoms in total. The lowest BCUT2D eigenvalue weighted by molar-refractivity contribution is 0.853. The zero-order chi connectivity index (χ0) is 45.0. The molecular formula is C64H46N4. The molecule has 2 aromatic heterocycles. The third-order valence-electron chi connectivity index (χ3n) is 14.0. The van der Waals surface area contributed by atoms with Crippen LogP contribution in [0.25, 0.3) is 101 Å². The smallest absolute Gasteiger partial charge is 0.164 e. The zero-order valence-corrected chi connectivity index (χ0v) is 37.6. The normalized spacial score (nSPS) is 14.9. The standard InChI is InChI=1S/C64H46N4/c1-4-17-42(18-5-1)51-37-52(43-19-6-2-7-20-43)39-53(38-51)47-33-34-57-56-30-12-13-32-59(56)68(60(57)41-47)54-28-15-25-46(40-54)45-24-14-27-50(35-45)63-65-62(44-21-8-3-9-22-44)66-64(67-63)58-31-16-26-49-36-48-23-10-11-29-55(48)61(49)58/h1-6,8-17,19,21-35,37-42H,7,18,20,36H2. The Morgan fingerprint density at radius 3 is 2.01 bits per heavy atom. The maximum absolute atomic E-state index is 5.27. The van der Waals surface area contributed by atoms with E-state index in [4.69, 9.17) is 15.0 Å². The highest BCUT2D eigenvalue weighted by Crippen LogP contribution is 2.43. The molecule has 10 aromatic rings. The summed E-state index contributed by atoms with van der Waals surface area (Å²) in [4.78, 5) is 15.6. The average Bonchev–Trinajstić information content (AvgIpc) is 3.97. The number of benzene rings is 8. The zero-order valence-electron chi connectivity index (χ0n) is 37.6. The molecule has 0 N–H and O–H groups in total. The Morgan fingerprint density at radius 1 is 0.441 bits per heavy atom. The molecule has 0 fully saturated rings. The fraction of sp³-hybridized carbons (Fsp3) is 0.0781. The van der Waals surface area contributed by atoms with Crippen LogP contribution < -0.4 is 0 Å². The Labute approximate surface area is 396 Å². The van der Waals surface area contributed by atoms with Crippen LogP contribution in [-0.2, 0) is 6.42 Å². The molecule has 13 rings (SSSR count). The molecule has 3 aliphatic carbocycles. The van der Waals surface area contributed by atoms with E-state index >= 15 is 0 Å². The van der Waals surface area contributed by atoms with Gasteiger partial charge in [-0.25, -0.2) is 15.0 Å². The third kappa shape index (κ3) is 7.13. The lowest BCUT2D eigenvalue weighted by Gasteiger charge is -2.19. The van der Waals surface area contributed by atoms with Crippen LogP contribution in [0.5, 0.6) is 0 Å². The number of aromatic nitrogens is 4. The Kier molecular flexibility index (Phi) is 9.82. The van der Waals surface area contributed by atoms with Gasteiger partial charge in [0.2, 0.25) is 0 Å². The lowest BCUT2D eigenvalue weighted by Crippen LogP contribution is -2.01. The molecule has 0 spiro atoms. The summed E-state index contributed by atoms with van der Waals surface area (Å²) in [5.41, 5.74) is 20.2. The van der Waals surface area contributed by atoms with Gasteiger partial charge in [0.15, 0.2) is 17.5 Å². The summed E-state index contributed by atoms with van der Waals surface area (Å²) in [5, 5.41) is 2.47. The largest absolute Gasteiger partial charge is 0.309 e. The minimum atomic E-state index is 0.357. The molecule has 1 unspecified atom stereocenters. The summed E-state index contributed by atoms with van der Waals surface area (Å²) in [6.45, 7) is 0. The number of rotatable bonds is 8. The molecule has 2 heterocycles. The topological polar surface area (TPSA) is 43.6 Å². The highest BCUT2D eigenvalue weighted by molar-refractivity contribution is 6.10. The van der Waals surface area contributed by atoms with Crippen molar-refractivity contribution in [1.29, 1.82) is 0 Å². The van der Waals surface area contributed by atoms with E-state index in [1.54, 1.807) is 0 Å². The van der Waals surface area contributed by atoms with E-state index in [0.717, 1.165) is 59.2 Å². The van der Waals surface area contributed by atoms with Gasteiger partial charge >= 0.3 is 0 Å². The number of hydrogen-bond donors (Lipinski definition) is 0. The maximum atomic E-state index is 5.27. The van der Waals surface area contributed by atoms with Crippen molar-refractivity contribution in [2.45, 2.75) is 31.6 Å². The van der Waals surface area contributed by atoms with Crippen molar-refractivity contribution in [3.8, 4) is 73.2 Å². The number of hydrogen-bond acceptors (Lipinski definition) is 3. The second-order valence-corrected chi connectivity index (χ2v) is 18.2. The molecule has 8 aromatic carbocycles. The SMILES string of the molecule is C1=CCCC(c2cc(-c3ccc4c5ccccc5n(-c5cccc(-c6cccc(-c7nc(-c8ccccc8)nc(-c8cccc9c8-c8ccccc8C9)n7)c6)c5)c4c3)cc(C3C=CC=CC3)c2)=C1. The lowest BCUT2D eigenvalue weighted by atomic mass is 9.86. The van der Waals surface area contributed by atoms with Crippen molar-refractivity contribution in [1.82, 2.24) is 19.5 Å². The molecule has 0 saturated heterocycles. The van der Waals surface area contributed by atoms with Crippen LogP contribution in [0.1, 0.15) is 47.4 Å². The maximum Gasteiger partial charge on any atom is 0.164 e. The summed E-state index contributed by atoms with van der Waals surface area (Å²) in [6, 6.07) is 66.1. The molecule has 0 aliphatic heterocycles. The molecule has 68 heavy (non-hydrogen) atoms. The van der Waals surface area contributed by atoms with Gasteiger partial charge in [0.1, 0.15) is 0 Å². The molecule has 4 heteroatoms. The monoisotopic (exact) mass is 870 g/mol. The Bertz CT molecular complexity index is 3750. The van der Waals surface area contributed by atoms with E-state index in [2.05, 4.69) is 211 Å². The van der Waals surface area contributed by atoms with Crippen LogP contribution in [0, 0.1) is 0 Å². The van der Waals surface area contributed by atoms with Gasteiger partial charge in [-0.2, -0.15) is 0 Å². The Balaban J connectivity index is 0.918. The van der Waals surface area contributed by atoms with Crippen molar-refractivity contribution in [3.63, 3.8) is 0 Å². The Morgan fingerprint density at radius 2 is 1.13 bits per heavy atom. The fourth-order valence-corrected chi connectivity index (χ4v) is 10.7. The van der Waals surface area contributed by atoms with Crippen LogP contribution in [-0.4, -0.2) is 19.5 Å². The van der Waals surface area contributed by atoms with Crippen LogP contribution in [0.4, 0.5) is 0 Å². The van der Waals surface area contributed by atoms with Crippen molar-refractivity contribution >= 4 is 27.4 Å². The third-order valence-corrected chi connectivity index (χ3v) is 14.0. The first-order valence-electron chi connectivity index (χ1n) is 23.8. The molecule has 1 atom stereocenters. The van der Waals surface area contributed by atoms with Gasteiger partial charge in [-0.05, 0) is 123 Å². The second-order valence-electron chi connectivity index (χ2n) is 18.2. The second kappa shape index (κ2) is 16.8. The summed E-state index contributed by atoms with van der Waals surface area (Å²) in [5.74, 6) is 2.33.